The van der Waals surface area contributed by atoms with E-state index < -0.39 is 0 Å². The Kier molecular flexibility index (Phi) is 3.13. The van der Waals surface area contributed by atoms with Gasteiger partial charge in [0.05, 0.1) is 0 Å². The summed E-state index contributed by atoms with van der Waals surface area (Å²) in [5.74, 6) is 0. The van der Waals surface area contributed by atoms with Gasteiger partial charge in [-0.3, -0.25) is 0 Å². The van der Waals surface area contributed by atoms with Crippen LogP contribution in [0.5, 0.6) is 0 Å². The third kappa shape index (κ3) is 2.91. The van der Waals surface area contributed by atoms with E-state index in [4.69, 9.17) is 0 Å². The lowest BCUT2D eigenvalue weighted by Crippen LogP contribution is -2.04. The Labute approximate surface area is 50.1 Å². The lowest BCUT2D eigenvalue weighted by Gasteiger charge is -2.03. The van der Waals surface area contributed by atoms with Crippen molar-refractivity contribution in [3.8, 4) is 0 Å². The van der Waals surface area contributed by atoms with E-state index >= 15 is 0 Å². The summed E-state index contributed by atoms with van der Waals surface area (Å²) in [5.41, 5.74) is 0. The third-order valence-electron chi connectivity index (χ3n) is 0.698. The maximum absolute atomic E-state index is 4.12. The van der Waals surface area contributed by atoms with Gasteiger partial charge in [0.2, 0.25) is 0 Å². The Bertz CT molecular complexity index is 26.5. The summed E-state index contributed by atoms with van der Waals surface area (Å²) < 4.78 is 0. The summed E-state index contributed by atoms with van der Waals surface area (Å²) in [6, 6.07) is 0. The summed E-state index contributed by atoms with van der Waals surface area (Å²) in [6.45, 7) is 4.06. The van der Waals surface area contributed by atoms with Crippen molar-refractivity contribution < 1.29 is 0 Å². The van der Waals surface area contributed by atoms with E-state index in [0.29, 0.717) is 10.5 Å². The van der Waals surface area contributed by atoms with Gasteiger partial charge in [-0.25, -0.2) is 0 Å². The van der Waals surface area contributed by atoms with Gasteiger partial charge in [-0.1, -0.05) is 13.8 Å². The van der Waals surface area contributed by atoms with E-state index in [0.717, 1.165) is 0 Å². The van der Waals surface area contributed by atoms with Gasteiger partial charge in [0, 0.05) is 10.5 Å². The second-order valence-electron chi connectivity index (χ2n) is 1.48. The monoisotopic (exact) mass is 122 g/mol. The minimum Gasteiger partial charge on any atom is -0.175 e. The van der Waals surface area contributed by atoms with Crippen molar-refractivity contribution in [3.63, 3.8) is 0 Å². The van der Waals surface area contributed by atoms with Crippen molar-refractivity contribution in [2.45, 2.75) is 24.3 Å². The number of rotatable bonds is 1. The molecule has 2 heteroatoms. The Morgan fingerprint density at radius 1 is 1.00 bits per heavy atom. The van der Waals surface area contributed by atoms with Gasteiger partial charge in [0.15, 0.2) is 0 Å². The minimum absolute atomic E-state index is 0.410. The molecule has 0 radical (unpaired) electrons. The van der Waals surface area contributed by atoms with Crippen molar-refractivity contribution in [1.82, 2.24) is 0 Å². The van der Waals surface area contributed by atoms with E-state index in [1.807, 2.05) is 13.8 Å². The van der Waals surface area contributed by atoms with Gasteiger partial charge >= 0.3 is 0 Å². The van der Waals surface area contributed by atoms with E-state index in [1.165, 1.54) is 0 Å². The molecule has 0 fully saturated rings. The topological polar surface area (TPSA) is 0 Å². The quantitative estimate of drug-likeness (QED) is 0.485. The predicted molar refractivity (Wildman–Crippen MR) is 36.9 cm³/mol. The van der Waals surface area contributed by atoms with Crippen LogP contribution in [-0.2, 0) is 0 Å². The molecule has 6 heavy (non-hydrogen) atoms. The molecule has 38 valence electrons. The first-order chi connectivity index (χ1) is 2.64. The molecule has 0 saturated carbocycles. The third-order valence-corrected chi connectivity index (χ3v) is 1.83. The SMILES string of the molecule is C[C@H](S)[C@H](C)S. The zero-order valence-electron chi connectivity index (χ0n) is 4.05. The molecule has 0 saturated heterocycles. The van der Waals surface area contributed by atoms with Gasteiger partial charge < -0.3 is 0 Å². The fraction of sp³-hybridized carbons (Fsp3) is 1.00. The molecule has 0 aromatic carbocycles. The molecule has 0 bridgehead atoms. The van der Waals surface area contributed by atoms with Gasteiger partial charge in [-0.05, 0) is 0 Å². The molecule has 0 heterocycles. The van der Waals surface area contributed by atoms with Crippen LogP contribution >= 0.6 is 25.3 Å². The van der Waals surface area contributed by atoms with Crippen LogP contribution in [0.15, 0.2) is 0 Å². The fourth-order valence-corrected chi connectivity index (χ4v) is 0. The zero-order chi connectivity index (χ0) is 5.15. The highest BCUT2D eigenvalue weighted by Crippen LogP contribution is 2.04. The maximum Gasteiger partial charge on any atom is 0.0102 e. The molecule has 0 N–H and O–H groups in total. The van der Waals surface area contributed by atoms with Crippen LogP contribution < -0.4 is 0 Å². The summed E-state index contributed by atoms with van der Waals surface area (Å²) in [7, 11) is 0. The minimum atomic E-state index is 0.410. The largest absolute Gasteiger partial charge is 0.175 e. The van der Waals surface area contributed by atoms with Crippen LogP contribution in [0.4, 0.5) is 0 Å². The average Bonchev–Trinajstić information content (AvgIpc) is 1.36. The van der Waals surface area contributed by atoms with E-state index in [1.54, 1.807) is 0 Å². The van der Waals surface area contributed by atoms with Gasteiger partial charge in [0.25, 0.3) is 0 Å². The molecule has 0 aliphatic carbocycles. The average molecular weight is 122 g/mol. The van der Waals surface area contributed by atoms with Crippen LogP contribution in [0.25, 0.3) is 0 Å². The maximum atomic E-state index is 4.12. The van der Waals surface area contributed by atoms with Crippen LogP contribution in [0.3, 0.4) is 0 Å². The van der Waals surface area contributed by atoms with E-state index in [2.05, 4.69) is 25.3 Å². The summed E-state index contributed by atoms with van der Waals surface area (Å²) in [6.07, 6.45) is 0. The second kappa shape index (κ2) is 2.80. The molecular weight excluding hydrogens is 112 g/mol. The predicted octanol–water partition coefficient (Wildman–Crippen LogP) is 1.62. The van der Waals surface area contributed by atoms with E-state index in [9.17, 15) is 0 Å². The molecule has 0 spiro atoms. The molecule has 0 aromatic rings. The normalized spacial score (nSPS) is 20.0. The number of hydrogen-bond donors (Lipinski definition) is 2. The molecule has 0 rings (SSSR count). The summed E-state index contributed by atoms with van der Waals surface area (Å²) in [4.78, 5) is 0. The van der Waals surface area contributed by atoms with Crippen LogP contribution in [-0.4, -0.2) is 10.5 Å². The van der Waals surface area contributed by atoms with Crippen molar-refractivity contribution in [2.24, 2.45) is 0 Å². The van der Waals surface area contributed by atoms with Crippen LogP contribution in [0, 0.1) is 0 Å². The molecule has 0 nitrogen and oxygen atoms in total. The first-order valence-corrected chi connectivity index (χ1v) is 3.04. The lowest BCUT2D eigenvalue weighted by molar-refractivity contribution is 0.941. The smallest absolute Gasteiger partial charge is 0.0102 e. The Morgan fingerprint density at radius 2 is 1.17 bits per heavy atom. The van der Waals surface area contributed by atoms with Crippen molar-refractivity contribution >= 4 is 25.3 Å². The standard InChI is InChI=1S/C4H10S2/c1-3(5)4(2)6/h3-6H,1-2H3/t3-,4-/m0/s1. The van der Waals surface area contributed by atoms with Gasteiger partial charge in [-0.15, -0.1) is 0 Å². The first-order valence-electron chi connectivity index (χ1n) is 2.00. The van der Waals surface area contributed by atoms with Crippen LogP contribution in [0.2, 0.25) is 0 Å². The molecule has 0 aliphatic heterocycles. The fourth-order valence-electron chi connectivity index (χ4n) is 0. The second-order valence-corrected chi connectivity index (χ2v) is 3.11. The lowest BCUT2D eigenvalue weighted by atomic mass is 10.4. The van der Waals surface area contributed by atoms with Gasteiger partial charge in [-0.2, -0.15) is 25.3 Å². The highest BCUT2D eigenvalue weighted by Gasteiger charge is 1.97. The number of thiol groups is 2. The van der Waals surface area contributed by atoms with Crippen LogP contribution in [0.1, 0.15) is 13.8 Å². The summed E-state index contributed by atoms with van der Waals surface area (Å²) >= 11 is 8.23. The Morgan fingerprint density at radius 3 is 1.17 bits per heavy atom. The summed E-state index contributed by atoms with van der Waals surface area (Å²) in [5, 5.41) is 0.821. The Balaban J connectivity index is 2.99. The van der Waals surface area contributed by atoms with Crippen molar-refractivity contribution in [2.75, 3.05) is 0 Å². The van der Waals surface area contributed by atoms with Crippen molar-refractivity contribution in [3.05, 3.63) is 0 Å². The first kappa shape index (κ1) is 6.70. The molecule has 0 aliphatic rings. The zero-order valence-corrected chi connectivity index (χ0v) is 5.84. The molecular formula is C4H10S2. The molecule has 0 unspecified atom stereocenters. The highest BCUT2D eigenvalue weighted by molar-refractivity contribution is 7.85. The van der Waals surface area contributed by atoms with Gasteiger partial charge in [0.1, 0.15) is 0 Å². The molecule has 0 amide bonds. The molecule has 0 aromatic heterocycles. The molecule has 2 atom stereocenters. The van der Waals surface area contributed by atoms with Crippen molar-refractivity contribution in [1.29, 1.82) is 0 Å². The number of hydrogen-bond acceptors (Lipinski definition) is 2. The van der Waals surface area contributed by atoms with E-state index in [-0.39, 0.29) is 0 Å². The Hall–Kier alpha value is 0.700. The highest BCUT2D eigenvalue weighted by atomic mass is 32.1.